The Labute approximate surface area is 90.6 Å². The monoisotopic (exact) mass is 207 g/mol. The van der Waals surface area contributed by atoms with E-state index in [0.29, 0.717) is 11.3 Å². The molecule has 0 spiro atoms. The van der Waals surface area contributed by atoms with E-state index >= 15 is 0 Å². The zero-order chi connectivity index (χ0) is 11.8. The van der Waals surface area contributed by atoms with Gasteiger partial charge in [-0.05, 0) is 19.9 Å². The van der Waals surface area contributed by atoms with E-state index in [0.717, 1.165) is 0 Å². The lowest BCUT2D eigenvalue weighted by Crippen LogP contribution is -2.17. The van der Waals surface area contributed by atoms with Crippen molar-refractivity contribution in [2.75, 3.05) is 0 Å². The van der Waals surface area contributed by atoms with E-state index in [1.807, 2.05) is 26.8 Å². The molecule has 0 aromatic heterocycles. The number of carbonyl (C=O) groups is 2. The minimum atomic E-state index is -0.552. The highest BCUT2D eigenvalue weighted by Gasteiger charge is 2.29. The summed E-state index contributed by atoms with van der Waals surface area (Å²) in [7, 11) is 0. The van der Waals surface area contributed by atoms with Crippen molar-refractivity contribution in [2.45, 2.75) is 27.7 Å². The Balaban J connectivity index is 0.000000921. The van der Waals surface area contributed by atoms with Gasteiger partial charge in [-0.1, -0.05) is 32.1 Å². The second kappa shape index (κ2) is 6.76. The molecule has 0 aromatic rings. The van der Waals surface area contributed by atoms with Gasteiger partial charge < -0.3 is 5.32 Å². The van der Waals surface area contributed by atoms with E-state index in [2.05, 4.69) is 5.32 Å². The average molecular weight is 207 g/mol. The van der Waals surface area contributed by atoms with Crippen LogP contribution in [-0.2, 0) is 9.59 Å². The fourth-order valence-electron chi connectivity index (χ4n) is 1.10. The summed E-state index contributed by atoms with van der Waals surface area (Å²) >= 11 is 0. The number of Topliss-reactive ketones (excluding diaryl/α,β-unsaturated/α-hetero) is 1. The highest BCUT2D eigenvalue weighted by Crippen LogP contribution is 2.15. The molecule has 1 fully saturated rings. The van der Waals surface area contributed by atoms with Crippen LogP contribution in [0.4, 0.5) is 0 Å². The van der Waals surface area contributed by atoms with Gasteiger partial charge in [0.2, 0.25) is 0 Å². The second-order valence-corrected chi connectivity index (χ2v) is 2.59. The molecule has 0 bridgehead atoms. The van der Waals surface area contributed by atoms with Crippen LogP contribution in [0.2, 0.25) is 0 Å². The third-order valence-corrected chi connectivity index (χ3v) is 1.73. The Morgan fingerprint density at radius 1 is 1.13 bits per heavy atom. The fourth-order valence-corrected chi connectivity index (χ4v) is 1.10. The van der Waals surface area contributed by atoms with Gasteiger partial charge in [0.05, 0.1) is 5.70 Å². The fraction of sp³-hybridized carbons (Fsp3) is 0.333. The molecule has 15 heavy (non-hydrogen) atoms. The Kier molecular flexibility index (Phi) is 6.02. The van der Waals surface area contributed by atoms with Crippen molar-refractivity contribution in [2.24, 2.45) is 0 Å². The van der Waals surface area contributed by atoms with Crippen LogP contribution in [0.15, 0.2) is 35.6 Å². The third kappa shape index (κ3) is 3.20. The molecule has 0 saturated carbocycles. The lowest BCUT2D eigenvalue weighted by molar-refractivity contribution is -0.133. The standard InChI is InChI=1S/C10H11NO2.C2H6/c1-3-5-6-8-7(4-2)9(12)10(13)11-8;1-2/h3-6H,1-2H3,(H,11,13);1-2H3/b5-3-,7-4+,8-6+;. The maximum atomic E-state index is 11.2. The van der Waals surface area contributed by atoms with Crippen LogP contribution in [0, 0.1) is 0 Å². The maximum Gasteiger partial charge on any atom is 0.296 e. The Morgan fingerprint density at radius 2 is 1.73 bits per heavy atom. The molecule has 1 saturated heterocycles. The number of amides is 1. The van der Waals surface area contributed by atoms with E-state index in [-0.39, 0.29) is 0 Å². The molecule has 3 heteroatoms. The van der Waals surface area contributed by atoms with Crippen molar-refractivity contribution in [1.82, 2.24) is 5.32 Å². The molecule has 0 radical (unpaired) electrons. The molecule has 0 unspecified atom stereocenters. The third-order valence-electron chi connectivity index (χ3n) is 1.73. The van der Waals surface area contributed by atoms with Crippen molar-refractivity contribution < 1.29 is 9.59 Å². The maximum absolute atomic E-state index is 11.2. The first-order chi connectivity index (χ1) is 7.20. The molecule has 1 aliphatic rings. The quantitative estimate of drug-likeness (QED) is 0.529. The summed E-state index contributed by atoms with van der Waals surface area (Å²) in [5.41, 5.74) is 1.03. The van der Waals surface area contributed by atoms with Crippen LogP contribution in [-0.4, -0.2) is 11.7 Å². The van der Waals surface area contributed by atoms with Crippen LogP contribution >= 0.6 is 0 Å². The van der Waals surface area contributed by atoms with Gasteiger partial charge in [-0.2, -0.15) is 0 Å². The molecule has 1 N–H and O–H groups in total. The van der Waals surface area contributed by atoms with E-state index < -0.39 is 11.7 Å². The minimum absolute atomic E-state index is 0.447. The average Bonchev–Trinajstić information content (AvgIpc) is 2.54. The smallest absolute Gasteiger partial charge is 0.296 e. The largest absolute Gasteiger partial charge is 0.318 e. The summed E-state index contributed by atoms with van der Waals surface area (Å²) < 4.78 is 0. The highest BCUT2D eigenvalue weighted by molar-refractivity contribution is 6.47. The molecule has 1 aliphatic heterocycles. The molecular weight excluding hydrogens is 190 g/mol. The van der Waals surface area contributed by atoms with Gasteiger partial charge in [0, 0.05) is 5.57 Å². The van der Waals surface area contributed by atoms with Gasteiger partial charge in [0.1, 0.15) is 0 Å². The van der Waals surface area contributed by atoms with Crippen molar-refractivity contribution in [3.63, 3.8) is 0 Å². The summed E-state index contributed by atoms with van der Waals surface area (Å²) in [6.07, 6.45) is 6.95. The zero-order valence-electron chi connectivity index (χ0n) is 9.63. The highest BCUT2D eigenvalue weighted by atomic mass is 16.2. The lowest BCUT2D eigenvalue weighted by atomic mass is 10.1. The Morgan fingerprint density at radius 3 is 2.20 bits per heavy atom. The molecule has 0 atom stereocenters. The summed E-state index contributed by atoms with van der Waals surface area (Å²) in [5, 5.41) is 2.49. The first-order valence-corrected chi connectivity index (χ1v) is 5.06. The normalized spacial score (nSPS) is 20.8. The van der Waals surface area contributed by atoms with Gasteiger partial charge in [0.15, 0.2) is 0 Å². The Hall–Kier alpha value is -1.64. The number of nitrogens with one attached hydrogen (secondary N) is 1. The van der Waals surface area contributed by atoms with Crippen LogP contribution < -0.4 is 5.32 Å². The molecule has 1 heterocycles. The van der Waals surface area contributed by atoms with Crippen molar-refractivity contribution in [3.05, 3.63) is 35.6 Å². The summed E-state index contributed by atoms with van der Waals surface area (Å²) in [5.74, 6) is -1.01. The predicted octanol–water partition coefficient (Wildman–Crippen LogP) is 2.12. The SMILES string of the molecule is CC.C\C=C/C=C1/NC(=O)C(=O)/C1=C/C. The van der Waals surface area contributed by atoms with E-state index in [4.69, 9.17) is 0 Å². The minimum Gasteiger partial charge on any atom is -0.318 e. The van der Waals surface area contributed by atoms with Crippen molar-refractivity contribution in [1.29, 1.82) is 0 Å². The number of allylic oxidation sites excluding steroid dienone is 5. The van der Waals surface area contributed by atoms with Gasteiger partial charge in [-0.15, -0.1) is 0 Å². The summed E-state index contributed by atoms with van der Waals surface area (Å²) in [4.78, 5) is 22.1. The van der Waals surface area contributed by atoms with Gasteiger partial charge in [0.25, 0.3) is 11.7 Å². The topological polar surface area (TPSA) is 46.2 Å². The van der Waals surface area contributed by atoms with Crippen molar-refractivity contribution >= 4 is 11.7 Å². The molecule has 1 rings (SSSR count). The number of carbonyl (C=O) groups excluding carboxylic acids is 2. The van der Waals surface area contributed by atoms with Gasteiger partial charge in [-0.25, -0.2) is 0 Å². The molecule has 1 amide bonds. The zero-order valence-corrected chi connectivity index (χ0v) is 9.63. The lowest BCUT2D eigenvalue weighted by Gasteiger charge is -1.93. The van der Waals surface area contributed by atoms with Crippen LogP contribution in [0.3, 0.4) is 0 Å². The molecule has 3 nitrogen and oxygen atoms in total. The van der Waals surface area contributed by atoms with E-state index in [1.54, 1.807) is 25.2 Å². The van der Waals surface area contributed by atoms with Crippen LogP contribution in [0.5, 0.6) is 0 Å². The van der Waals surface area contributed by atoms with Crippen molar-refractivity contribution in [3.8, 4) is 0 Å². The number of hydrogen-bond acceptors (Lipinski definition) is 2. The second-order valence-electron chi connectivity index (χ2n) is 2.59. The first kappa shape index (κ1) is 13.4. The van der Waals surface area contributed by atoms with Crippen LogP contribution in [0.1, 0.15) is 27.7 Å². The first-order valence-electron chi connectivity index (χ1n) is 5.06. The summed E-state index contributed by atoms with van der Waals surface area (Å²) in [6.45, 7) is 7.60. The molecule has 0 aromatic carbocycles. The molecular formula is C12H17NO2. The number of rotatable bonds is 1. The number of hydrogen-bond donors (Lipinski definition) is 1. The van der Waals surface area contributed by atoms with E-state index in [1.165, 1.54) is 0 Å². The molecule has 0 aliphatic carbocycles. The Bertz CT molecular complexity index is 336. The van der Waals surface area contributed by atoms with Gasteiger partial charge in [-0.3, -0.25) is 9.59 Å². The van der Waals surface area contributed by atoms with Gasteiger partial charge >= 0.3 is 0 Å². The van der Waals surface area contributed by atoms with E-state index in [9.17, 15) is 9.59 Å². The number of ketones is 1. The predicted molar refractivity (Wildman–Crippen MR) is 61.2 cm³/mol. The van der Waals surface area contributed by atoms with Crippen LogP contribution in [0.25, 0.3) is 0 Å². The summed E-state index contributed by atoms with van der Waals surface area (Å²) in [6, 6.07) is 0. The molecule has 82 valence electrons.